The van der Waals surface area contributed by atoms with Gasteiger partial charge in [0, 0.05) is 12.8 Å². The Labute approximate surface area is 117 Å². The molecule has 2 amide bonds. The van der Waals surface area contributed by atoms with E-state index in [0.29, 0.717) is 0 Å². The summed E-state index contributed by atoms with van der Waals surface area (Å²) in [6.07, 6.45) is 0.531. The Bertz CT molecular complexity index is 484. The Hall–Kier alpha value is -1.55. The number of nitrogens with zero attached hydrogens (tertiary/aromatic N) is 1. The topological polar surface area (TPSA) is 46.6 Å². The minimum Gasteiger partial charge on any atom is -0.497 e. The number of alkyl halides is 1. The highest BCUT2D eigenvalue weighted by Gasteiger charge is 2.43. The van der Waals surface area contributed by atoms with Crippen LogP contribution in [0.2, 0.25) is 0 Å². The predicted molar refractivity (Wildman–Crippen MR) is 72.2 cm³/mol. The lowest BCUT2D eigenvalue weighted by Gasteiger charge is -2.36. The molecule has 4 nitrogen and oxygen atoms in total. The van der Waals surface area contributed by atoms with Gasteiger partial charge >= 0.3 is 0 Å². The third-order valence-corrected chi connectivity index (χ3v) is 4.04. The maximum atomic E-state index is 11.9. The van der Waals surface area contributed by atoms with E-state index in [-0.39, 0.29) is 30.5 Å². The smallest absolute Gasteiger partial charge is 0.230 e. The average molecular weight is 282 g/mol. The highest BCUT2D eigenvalue weighted by molar-refractivity contribution is 6.19. The third kappa shape index (κ3) is 2.32. The second-order valence-electron chi connectivity index (χ2n) is 4.76. The first-order valence-electron chi connectivity index (χ1n) is 6.09. The summed E-state index contributed by atoms with van der Waals surface area (Å²) in [7, 11) is 1.59. The van der Waals surface area contributed by atoms with Crippen LogP contribution in [0, 0.1) is 0 Å². The number of benzene rings is 1. The van der Waals surface area contributed by atoms with Gasteiger partial charge in [-0.05, 0) is 24.6 Å². The summed E-state index contributed by atoms with van der Waals surface area (Å²) in [5, 5.41) is 0. The SMILES string of the molecule is COc1ccc(C(C)(CCl)N2C(=O)CCC2=O)cc1. The normalized spacial score (nSPS) is 18.6. The van der Waals surface area contributed by atoms with Crippen LogP contribution >= 0.6 is 11.6 Å². The van der Waals surface area contributed by atoms with Crippen LogP contribution in [0.1, 0.15) is 25.3 Å². The maximum Gasteiger partial charge on any atom is 0.230 e. The molecule has 0 N–H and O–H groups in total. The van der Waals surface area contributed by atoms with Gasteiger partial charge in [-0.15, -0.1) is 11.6 Å². The van der Waals surface area contributed by atoms with Gasteiger partial charge in [0.2, 0.25) is 11.8 Å². The Balaban J connectivity index is 2.40. The lowest BCUT2D eigenvalue weighted by Crippen LogP contribution is -2.48. The van der Waals surface area contributed by atoms with E-state index in [1.807, 2.05) is 19.1 Å². The van der Waals surface area contributed by atoms with Gasteiger partial charge < -0.3 is 4.74 Å². The van der Waals surface area contributed by atoms with Gasteiger partial charge in [0.25, 0.3) is 0 Å². The van der Waals surface area contributed by atoms with Crippen molar-refractivity contribution in [3.05, 3.63) is 29.8 Å². The van der Waals surface area contributed by atoms with Gasteiger partial charge in [0.15, 0.2) is 0 Å². The summed E-state index contributed by atoms with van der Waals surface area (Å²) in [4.78, 5) is 25.1. The largest absolute Gasteiger partial charge is 0.497 e. The molecule has 1 saturated heterocycles. The highest BCUT2D eigenvalue weighted by atomic mass is 35.5. The lowest BCUT2D eigenvalue weighted by molar-refractivity contribution is -0.144. The average Bonchev–Trinajstić information content (AvgIpc) is 2.78. The zero-order valence-corrected chi connectivity index (χ0v) is 11.7. The molecule has 5 heteroatoms. The standard InChI is InChI=1S/C14H16ClNO3/c1-14(9-15,16-12(17)7-8-13(16)18)10-3-5-11(19-2)6-4-10/h3-6H,7-9H2,1-2H3. The van der Waals surface area contributed by atoms with Crippen molar-refractivity contribution in [2.24, 2.45) is 0 Å². The number of imide groups is 1. The number of methoxy groups -OCH3 is 1. The van der Waals surface area contributed by atoms with Crippen molar-refractivity contribution >= 4 is 23.4 Å². The second-order valence-corrected chi connectivity index (χ2v) is 5.03. The van der Waals surface area contributed by atoms with Crippen LogP contribution in [0.15, 0.2) is 24.3 Å². The van der Waals surface area contributed by atoms with Crippen LogP contribution in [-0.2, 0) is 15.1 Å². The van der Waals surface area contributed by atoms with Crippen molar-refractivity contribution in [1.82, 2.24) is 4.90 Å². The molecule has 1 heterocycles. The molecule has 19 heavy (non-hydrogen) atoms. The molecule has 0 saturated carbocycles. The summed E-state index contributed by atoms with van der Waals surface area (Å²) in [6.45, 7) is 1.81. The van der Waals surface area contributed by atoms with Crippen LogP contribution in [0.25, 0.3) is 0 Å². The van der Waals surface area contributed by atoms with E-state index in [4.69, 9.17) is 16.3 Å². The zero-order chi connectivity index (χ0) is 14.0. The van der Waals surface area contributed by atoms with Gasteiger partial charge in [-0.1, -0.05) is 12.1 Å². The summed E-state index contributed by atoms with van der Waals surface area (Å²) in [5.41, 5.74) is 0.0188. The molecule has 1 aromatic carbocycles. The molecule has 0 bridgehead atoms. The number of ether oxygens (including phenoxy) is 1. The van der Waals surface area contributed by atoms with Crippen molar-refractivity contribution in [2.45, 2.75) is 25.3 Å². The molecule has 1 aromatic rings. The third-order valence-electron chi connectivity index (χ3n) is 3.52. The second kappa shape index (κ2) is 5.21. The van der Waals surface area contributed by atoms with Crippen LogP contribution in [0.4, 0.5) is 0 Å². The molecule has 2 rings (SSSR count). The number of rotatable bonds is 4. The van der Waals surface area contributed by atoms with Crippen LogP contribution in [0.3, 0.4) is 0 Å². The van der Waals surface area contributed by atoms with Crippen molar-refractivity contribution in [2.75, 3.05) is 13.0 Å². The first-order chi connectivity index (χ1) is 9.02. The van der Waals surface area contributed by atoms with E-state index in [0.717, 1.165) is 11.3 Å². The molecule has 0 radical (unpaired) electrons. The van der Waals surface area contributed by atoms with Gasteiger partial charge in [0.1, 0.15) is 5.75 Å². The summed E-state index contributed by atoms with van der Waals surface area (Å²) >= 11 is 6.05. The fourth-order valence-electron chi connectivity index (χ4n) is 2.34. The number of hydrogen-bond acceptors (Lipinski definition) is 3. The number of hydrogen-bond donors (Lipinski definition) is 0. The van der Waals surface area contributed by atoms with Crippen molar-refractivity contribution < 1.29 is 14.3 Å². The molecule has 0 spiro atoms. The Morgan fingerprint density at radius 2 is 1.74 bits per heavy atom. The first-order valence-corrected chi connectivity index (χ1v) is 6.63. The van der Waals surface area contributed by atoms with Crippen LogP contribution in [0.5, 0.6) is 5.75 Å². The van der Waals surface area contributed by atoms with E-state index in [9.17, 15) is 9.59 Å². The Kier molecular flexibility index (Phi) is 3.80. The first kappa shape index (κ1) is 13.9. The van der Waals surface area contributed by atoms with E-state index in [1.165, 1.54) is 4.90 Å². The van der Waals surface area contributed by atoms with Crippen LogP contribution in [-0.4, -0.2) is 29.7 Å². The molecule has 1 aliphatic heterocycles. The monoisotopic (exact) mass is 281 g/mol. The molecule has 1 fully saturated rings. The minimum absolute atomic E-state index is 0.163. The molecule has 1 unspecified atom stereocenters. The van der Waals surface area contributed by atoms with E-state index in [1.54, 1.807) is 19.2 Å². The Morgan fingerprint density at radius 3 is 2.16 bits per heavy atom. The molecular formula is C14H16ClNO3. The minimum atomic E-state index is -0.807. The Morgan fingerprint density at radius 1 is 1.21 bits per heavy atom. The number of amides is 2. The van der Waals surface area contributed by atoms with Gasteiger partial charge in [0.05, 0.1) is 18.5 Å². The summed E-state index contributed by atoms with van der Waals surface area (Å²) in [6, 6.07) is 7.26. The fraction of sp³-hybridized carbons (Fsp3) is 0.429. The number of likely N-dealkylation sites (tertiary alicyclic amines) is 1. The molecular weight excluding hydrogens is 266 g/mol. The predicted octanol–water partition coefficient (Wildman–Crippen LogP) is 2.30. The lowest BCUT2D eigenvalue weighted by atomic mass is 9.92. The van der Waals surface area contributed by atoms with Crippen LogP contribution < -0.4 is 4.74 Å². The quantitative estimate of drug-likeness (QED) is 0.628. The van der Waals surface area contributed by atoms with Gasteiger partial charge in [-0.25, -0.2) is 0 Å². The zero-order valence-electron chi connectivity index (χ0n) is 11.0. The molecule has 102 valence electrons. The summed E-state index contributed by atoms with van der Waals surface area (Å²) in [5.74, 6) is 0.560. The number of carbonyl (C=O) groups is 2. The number of carbonyl (C=O) groups excluding carboxylic acids is 2. The molecule has 0 aromatic heterocycles. The maximum absolute atomic E-state index is 11.9. The molecule has 1 aliphatic rings. The van der Waals surface area contributed by atoms with Gasteiger partial charge in [-0.3, -0.25) is 14.5 Å². The van der Waals surface area contributed by atoms with Gasteiger partial charge in [-0.2, -0.15) is 0 Å². The van der Waals surface area contributed by atoms with Crippen molar-refractivity contribution in [3.8, 4) is 5.75 Å². The van der Waals surface area contributed by atoms with Crippen molar-refractivity contribution in [3.63, 3.8) is 0 Å². The van der Waals surface area contributed by atoms with E-state index in [2.05, 4.69) is 0 Å². The molecule has 0 aliphatic carbocycles. The number of halogens is 1. The highest BCUT2D eigenvalue weighted by Crippen LogP contribution is 2.34. The summed E-state index contributed by atoms with van der Waals surface area (Å²) < 4.78 is 5.10. The van der Waals surface area contributed by atoms with E-state index < -0.39 is 5.54 Å². The molecule has 1 atom stereocenters. The van der Waals surface area contributed by atoms with E-state index >= 15 is 0 Å². The fourth-order valence-corrected chi connectivity index (χ4v) is 2.62. The van der Waals surface area contributed by atoms with Crippen molar-refractivity contribution in [1.29, 1.82) is 0 Å².